The lowest BCUT2D eigenvalue weighted by molar-refractivity contribution is 0.276. The molecule has 0 radical (unpaired) electrons. The monoisotopic (exact) mass is 285 g/mol. The molecule has 3 heteroatoms. The van der Waals surface area contributed by atoms with Gasteiger partial charge in [-0.25, -0.2) is 0 Å². The Morgan fingerprint density at radius 2 is 2.00 bits per heavy atom. The summed E-state index contributed by atoms with van der Waals surface area (Å²) in [4.78, 5) is 4.37. The van der Waals surface area contributed by atoms with E-state index in [9.17, 15) is 0 Å². The van der Waals surface area contributed by atoms with Crippen LogP contribution in [0.1, 0.15) is 52.1 Å². The maximum atomic E-state index is 5.80. The summed E-state index contributed by atoms with van der Waals surface area (Å²) in [5.41, 5.74) is 5.59. The third-order valence-corrected chi connectivity index (χ3v) is 3.83. The molecule has 2 aromatic rings. The van der Waals surface area contributed by atoms with E-state index in [1.54, 1.807) is 0 Å². The van der Waals surface area contributed by atoms with Crippen molar-refractivity contribution < 1.29 is 0 Å². The normalized spacial score (nSPS) is 15.1. The number of hydrazine groups is 1. The Kier molecular flexibility index (Phi) is 4.96. The number of aromatic nitrogens is 1. The molecule has 3 N–H and O–H groups in total. The minimum Gasteiger partial charge on any atom is -0.271 e. The molecule has 2 atom stereocenters. The van der Waals surface area contributed by atoms with Crippen molar-refractivity contribution in [3.8, 4) is 0 Å². The van der Waals surface area contributed by atoms with E-state index in [1.165, 1.54) is 17.4 Å². The molecule has 114 valence electrons. The molecule has 1 heterocycles. The van der Waals surface area contributed by atoms with Crippen LogP contribution in [0.15, 0.2) is 36.5 Å². The fourth-order valence-electron chi connectivity index (χ4n) is 3.14. The maximum Gasteiger partial charge on any atom is 0.0702 e. The largest absolute Gasteiger partial charge is 0.271 e. The van der Waals surface area contributed by atoms with Gasteiger partial charge >= 0.3 is 0 Å². The summed E-state index contributed by atoms with van der Waals surface area (Å²) in [5.74, 6) is 6.42. The minimum atomic E-state index is 0.187. The van der Waals surface area contributed by atoms with Gasteiger partial charge in [-0.2, -0.15) is 0 Å². The Morgan fingerprint density at radius 1 is 1.24 bits per heavy atom. The van der Waals surface area contributed by atoms with E-state index in [1.807, 2.05) is 12.3 Å². The maximum absolute atomic E-state index is 5.80. The second-order valence-corrected chi connectivity index (χ2v) is 7.28. The Balaban J connectivity index is 2.15. The van der Waals surface area contributed by atoms with Gasteiger partial charge < -0.3 is 0 Å². The molecule has 3 nitrogen and oxygen atoms in total. The Labute approximate surface area is 127 Å². The lowest BCUT2D eigenvalue weighted by atomic mass is 9.82. The van der Waals surface area contributed by atoms with Gasteiger partial charge in [0, 0.05) is 17.6 Å². The lowest BCUT2D eigenvalue weighted by Gasteiger charge is -2.26. The fourth-order valence-corrected chi connectivity index (χ4v) is 3.14. The summed E-state index contributed by atoms with van der Waals surface area (Å²) in [7, 11) is 0. The predicted octanol–water partition coefficient (Wildman–Crippen LogP) is 4.20. The highest BCUT2D eigenvalue weighted by Gasteiger charge is 2.19. The highest BCUT2D eigenvalue weighted by molar-refractivity contribution is 5.79. The smallest absolute Gasteiger partial charge is 0.0702 e. The molecule has 0 amide bonds. The molecule has 1 aromatic carbocycles. The topological polar surface area (TPSA) is 50.9 Å². The first kappa shape index (κ1) is 15.9. The Hall–Kier alpha value is -1.45. The van der Waals surface area contributed by atoms with Gasteiger partial charge in [0.25, 0.3) is 0 Å². The lowest BCUT2D eigenvalue weighted by Crippen LogP contribution is -2.30. The van der Waals surface area contributed by atoms with Crippen molar-refractivity contribution in [3.63, 3.8) is 0 Å². The van der Waals surface area contributed by atoms with Gasteiger partial charge in [-0.15, -0.1) is 0 Å². The molecule has 0 spiro atoms. The van der Waals surface area contributed by atoms with E-state index in [0.29, 0.717) is 11.3 Å². The van der Waals surface area contributed by atoms with Crippen molar-refractivity contribution in [2.75, 3.05) is 0 Å². The number of nitrogens with one attached hydrogen (secondary N) is 1. The molecular formula is C18H27N3. The van der Waals surface area contributed by atoms with E-state index in [-0.39, 0.29) is 6.04 Å². The molecule has 21 heavy (non-hydrogen) atoms. The average molecular weight is 285 g/mol. The zero-order valence-electron chi connectivity index (χ0n) is 13.6. The van der Waals surface area contributed by atoms with Gasteiger partial charge in [-0.3, -0.25) is 16.3 Å². The van der Waals surface area contributed by atoms with E-state index in [0.717, 1.165) is 11.9 Å². The molecule has 0 aliphatic rings. The van der Waals surface area contributed by atoms with Crippen LogP contribution in [0.2, 0.25) is 0 Å². The molecule has 0 aliphatic heterocycles. The average Bonchev–Trinajstić information content (AvgIpc) is 2.42. The van der Waals surface area contributed by atoms with Crippen molar-refractivity contribution in [1.29, 1.82) is 0 Å². The Bertz CT molecular complexity index is 586. The van der Waals surface area contributed by atoms with Gasteiger partial charge in [0.1, 0.15) is 0 Å². The zero-order chi connectivity index (χ0) is 15.5. The molecule has 2 rings (SSSR count). The summed E-state index contributed by atoms with van der Waals surface area (Å²) in [6, 6.07) is 10.6. The fraction of sp³-hybridized carbons (Fsp3) is 0.500. The summed E-state index contributed by atoms with van der Waals surface area (Å²) < 4.78 is 0. The van der Waals surface area contributed by atoms with Crippen LogP contribution in [0, 0.1) is 11.3 Å². The number of hydrogen-bond acceptors (Lipinski definition) is 3. The predicted molar refractivity (Wildman–Crippen MR) is 89.7 cm³/mol. The van der Waals surface area contributed by atoms with Crippen LogP contribution in [0.25, 0.3) is 10.9 Å². The van der Waals surface area contributed by atoms with E-state index < -0.39 is 0 Å². The van der Waals surface area contributed by atoms with Crippen molar-refractivity contribution in [3.05, 3.63) is 42.1 Å². The summed E-state index contributed by atoms with van der Waals surface area (Å²) >= 11 is 0. The standard InChI is InChI=1S/C18H27N3/c1-13(12-18(2,3)4)10-17(21-19)15-7-8-16-14(11-15)6-5-9-20-16/h5-9,11,13,17,21H,10,12,19H2,1-4H3. The van der Waals surface area contributed by atoms with E-state index in [4.69, 9.17) is 5.84 Å². The third-order valence-electron chi connectivity index (χ3n) is 3.83. The van der Waals surface area contributed by atoms with Crippen LogP contribution in [0.5, 0.6) is 0 Å². The minimum absolute atomic E-state index is 0.187. The quantitative estimate of drug-likeness (QED) is 0.639. The first-order valence-corrected chi connectivity index (χ1v) is 7.70. The molecular weight excluding hydrogens is 258 g/mol. The number of benzene rings is 1. The number of nitrogens with zero attached hydrogens (tertiary/aromatic N) is 1. The van der Waals surface area contributed by atoms with Gasteiger partial charge in [-0.05, 0) is 47.9 Å². The van der Waals surface area contributed by atoms with Gasteiger partial charge in [0.2, 0.25) is 0 Å². The second kappa shape index (κ2) is 6.54. The van der Waals surface area contributed by atoms with Crippen LogP contribution in [-0.4, -0.2) is 4.98 Å². The van der Waals surface area contributed by atoms with Gasteiger partial charge in [0.15, 0.2) is 0 Å². The molecule has 2 unspecified atom stereocenters. The van der Waals surface area contributed by atoms with Gasteiger partial charge in [0.05, 0.1) is 5.52 Å². The van der Waals surface area contributed by atoms with Crippen molar-refractivity contribution in [2.45, 2.75) is 46.6 Å². The number of fused-ring (bicyclic) bond motifs is 1. The number of hydrogen-bond donors (Lipinski definition) is 2. The van der Waals surface area contributed by atoms with Gasteiger partial charge in [-0.1, -0.05) is 39.8 Å². The summed E-state index contributed by atoms with van der Waals surface area (Å²) in [6.45, 7) is 9.17. The third kappa shape index (κ3) is 4.51. The summed E-state index contributed by atoms with van der Waals surface area (Å²) in [5, 5.41) is 1.17. The zero-order valence-corrected chi connectivity index (χ0v) is 13.6. The van der Waals surface area contributed by atoms with Crippen molar-refractivity contribution >= 4 is 10.9 Å². The van der Waals surface area contributed by atoms with Crippen LogP contribution in [0.3, 0.4) is 0 Å². The van der Waals surface area contributed by atoms with Crippen molar-refractivity contribution in [2.24, 2.45) is 17.2 Å². The first-order valence-electron chi connectivity index (χ1n) is 7.70. The number of pyridine rings is 1. The van der Waals surface area contributed by atoms with Crippen LogP contribution >= 0.6 is 0 Å². The highest BCUT2D eigenvalue weighted by atomic mass is 15.2. The van der Waals surface area contributed by atoms with Crippen LogP contribution in [0.4, 0.5) is 0 Å². The SMILES string of the molecule is CC(CC(NN)c1ccc2ncccc2c1)CC(C)(C)C. The molecule has 0 fully saturated rings. The number of nitrogens with two attached hydrogens (primary N) is 1. The molecule has 1 aromatic heterocycles. The molecule has 0 bridgehead atoms. The van der Waals surface area contributed by atoms with E-state index >= 15 is 0 Å². The summed E-state index contributed by atoms with van der Waals surface area (Å²) in [6.07, 6.45) is 4.06. The van der Waals surface area contributed by atoms with Crippen LogP contribution in [-0.2, 0) is 0 Å². The molecule has 0 aliphatic carbocycles. The van der Waals surface area contributed by atoms with E-state index in [2.05, 4.69) is 62.4 Å². The molecule has 0 saturated carbocycles. The first-order chi connectivity index (χ1) is 9.89. The van der Waals surface area contributed by atoms with Crippen LogP contribution < -0.4 is 11.3 Å². The Morgan fingerprint density at radius 3 is 2.67 bits per heavy atom. The molecule has 0 saturated heterocycles. The number of rotatable bonds is 5. The van der Waals surface area contributed by atoms with Crippen molar-refractivity contribution in [1.82, 2.24) is 10.4 Å². The highest BCUT2D eigenvalue weighted by Crippen LogP contribution is 2.31. The second-order valence-electron chi connectivity index (χ2n) is 7.28.